The van der Waals surface area contributed by atoms with Gasteiger partial charge in [-0.15, -0.1) is 0 Å². The highest BCUT2D eigenvalue weighted by Crippen LogP contribution is 2.43. The summed E-state index contributed by atoms with van der Waals surface area (Å²) in [6.07, 6.45) is 3.26. The van der Waals surface area contributed by atoms with E-state index in [0.717, 1.165) is 19.0 Å². The second-order valence-electron chi connectivity index (χ2n) is 7.84. The first-order valence-electron chi connectivity index (χ1n) is 9.88. The van der Waals surface area contributed by atoms with Crippen molar-refractivity contribution in [3.8, 4) is 0 Å². The normalized spacial score (nSPS) is 20.2. The zero-order valence-corrected chi connectivity index (χ0v) is 18.2. The summed E-state index contributed by atoms with van der Waals surface area (Å²) < 4.78 is 42.7. The van der Waals surface area contributed by atoms with E-state index in [-0.39, 0.29) is 53.9 Å². The monoisotopic (exact) mass is 467 g/mol. The van der Waals surface area contributed by atoms with Gasteiger partial charge in [-0.25, -0.2) is 14.2 Å². The lowest BCUT2D eigenvalue weighted by Crippen LogP contribution is -2.27. The van der Waals surface area contributed by atoms with Crippen LogP contribution < -0.4 is 16.1 Å². The number of nitrogens with two attached hydrogens (primary N) is 1. The Hall–Kier alpha value is -3.06. The van der Waals surface area contributed by atoms with Crippen molar-refractivity contribution in [2.75, 3.05) is 37.9 Å². The molecule has 1 saturated carbocycles. The summed E-state index contributed by atoms with van der Waals surface area (Å²) in [4.78, 5) is 39.0. The molecular formula is C19H22FN5O6S. The molecule has 172 valence electrons. The van der Waals surface area contributed by atoms with Crippen molar-refractivity contribution in [2.24, 2.45) is 16.8 Å². The van der Waals surface area contributed by atoms with Crippen LogP contribution >= 0.6 is 0 Å². The molecule has 1 aliphatic heterocycles. The minimum Gasteiger partial charge on any atom is -0.399 e. The molecule has 0 aromatic carbocycles. The highest BCUT2D eigenvalue weighted by Gasteiger charge is 2.37. The van der Waals surface area contributed by atoms with Crippen molar-refractivity contribution in [1.82, 2.24) is 9.97 Å². The highest BCUT2D eigenvalue weighted by atomic mass is 32.2. The van der Waals surface area contributed by atoms with Gasteiger partial charge >= 0.3 is 16.1 Å². The average Bonchev–Trinajstić information content (AvgIpc) is 3.47. The van der Waals surface area contributed by atoms with E-state index >= 15 is 4.39 Å². The first-order chi connectivity index (χ1) is 15.1. The Balaban J connectivity index is 1.92. The van der Waals surface area contributed by atoms with Crippen molar-refractivity contribution >= 4 is 38.5 Å². The lowest BCUT2D eigenvalue weighted by atomic mass is 10.1. The number of H-pyrrole nitrogens is 1. The standard InChI is InChI=1S/C19H22FN5O6S/c1-30-24-12-8-25(7-10(12)5-21)16-13-17(26)11(19(27)31-32(2,28)29)6-22-18(13)23-15(14(16)20)9-3-4-9/h6,9-10H,3-5,7-8,21H2,1-2H3,(H,22,23,26)/b24-12+. The summed E-state index contributed by atoms with van der Waals surface area (Å²) in [7, 11) is -2.77. The smallest absolute Gasteiger partial charge is 0.359 e. The van der Waals surface area contributed by atoms with E-state index in [0.29, 0.717) is 12.0 Å². The summed E-state index contributed by atoms with van der Waals surface area (Å²) in [5, 5.41) is 3.79. The van der Waals surface area contributed by atoms with Crippen LogP contribution in [0.5, 0.6) is 0 Å². The summed E-state index contributed by atoms with van der Waals surface area (Å²) >= 11 is 0. The van der Waals surface area contributed by atoms with Crippen LogP contribution in [0, 0.1) is 11.7 Å². The number of halogens is 1. The molecule has 2 aromatic rings. The van der Waals surface area contributed by atoms with E-state index < -0.39 is 32.9 Å². The SMILES string of the molecule is CO/N=C1\CN(c2c(F)c(C3CC3)nc3[nH]cc(C(=O)OS(C)(=O)=O)c(=O)c23)CC1CN. The molecule has 0 amide bonds. The number of nitrogens with zero attached hydrogens (tertiary/aromatic N) is 3. The van der Waals surface area contributed by atoms with Crippen molar-refractivity contribution in [2.45, 2.75) is 18.8 Å². The number of carbonyl (C=O) groups excluding carboxylic acids is 1. The van der Waals surface area contributed by atoms with Crippen LogP contribution in [0.1, 0.15) is 34.8 Å². The summed E-state index contributed by atoms with van der Waals surface area (Å²) in [6.45, 7) is 0.671. The molecule has 0 bridgehead atoms. The first-order valence-corrected chi connectivity index (χ1v) is 11.7. The molecule has 2 aliphatic rings. The van der Waals surface area contributed by atoms with Gasteiger partial charge in [0, 0.05) is 31.1 Å². The molecule has 1 atom stereocenters. The zero-order chi connectivity index (χ0) is 23.2. The molecule has 2 aromatic heterocycles. The van der Waals surface area contributed by atoms with Gasteiger partial charge in [-0.05, 0) is 12.8 Å². The summed E-state index contributed by atoms with van der Waals surface area (Å²) in [5.74, 6) is -2.30. The molecule has 32 heavy (non-hydrogen) atoms. The predicted molar refractivity (Wildman–Crippen MR) is 114 cm³/mol. The molecule has 3 N–H and O–H groups in total. The fourth-order valence-corrected chi connectivity index (χ4v) is 4.21. The topological polar surface area (TPSA) is 157 Å². The maximum atomic E-state index is 15.7. The van der Waals surface area contributed by atoms with Crippen LogP contribution in [0.2, 0.25) is 0 Å². The molecule has 4 rings (SSSR count). The van der Waals surface area contributed by atoms with Crippen LogP contribution in [-0.4, -0.2) is 63.1 Å². The number of hydrogen-bond donors (Lipinski definition) is 2. The van der Waals surface area contributed by atoms with E-state index in [1.54, 1.807) is 4.90 Å². The second-order valence-corrected chi connectivity index (χ2v) is 9.42. The molecule has 1 aliphatic carbocycles. The Morgan fingerprint density at radius 3 is 2.75 bits per heavy atom. The number of aromatic amines is 1. The van der Waals surface area contributed by atoms with Gasteiger partial charge in [0.1, 0.15) is 18.3 Å². The number of oxime groups is 1. The molecule has 1 unspecified atom stereocenters. The third-order valence-electron chi connectivity index (χ3n) is 5.45. The number of hydrogen-bond acceptors (Lipinski definition) is 10. The Morgan fingerprint density at radius 1 is 1.44 bits per heavy atom. The fraction of sp³-hybridized carbons (Fsp3) is 0.474. The van der Waals surface area contributed by atoms with Crippen LogP contribution in [-0.2, 0) is 19.1 Å². The van der Waals surface area contributed by atoms with Crippen LogP contribution in [0.3, 0.4) is 0 Å². The van der Waals surface area contributed by atoms with Crippen LogP contribution in [0.15, 0.2) is 16.1 Å². The van der Waals surface area contributed by atoms with E-state index in [1.807, 2.05) is 0 Å². The minimum atomic E-state index is -4.16. The third kappa shape index (κ3) is 4.05. The number of pyridine rings is 2. The number of anilines is 1. The van der Waals surface area contributed by atoms with Gasteiger partial charge in [-0.2, -0.15) is 8.42 Å². The van der Waals surface area contributed by atoms with Crippen molar-refractivity contribution in [3.05, 3.63) is 33.5 Å². The lowest BCUT2D eigenvalue weighted by Gasteiger charge is -2.22. The zero-order valence-electron chi connectivity index (χ0n) is 17.4. The number of rotatable bonds is 6. The number of aromatic nitrogens is 2. The predicted octanol–water partition coefficient (Wildman–Crippen LogP) is 0.453. The van der Waals surface area contributed by atoms with E-state index in [9.17, 15) is 18.0 Å². The quantitative estimate of drug-likeness (QED) is 0.455. The Labute approximate surface area is 182 Å². The maximum Gasteiger partial charge on any atom is 0.359 e. The Bertz CT molecular complexity index is 1290. The lowest BCUT2D eigenvalue weighted by molar-refractivity contribution is 0.0747. The molecule has 0 spiro atoms. The van der Waals surface area contributed by atoms with E-state index in [4.69, 9.17) is 10.6 Å². The summed E-state index contributed by atoms with van der Waals surface area (Å²) in [5.41, 5.74) is 5.24. The largest absolute Gasteiger partial charge is 0.399 e. The van der Waals surface area contributed by atoms with Crippen LogP contribution in [0.4, 0.5) is 10.1 Å². The number of nitrogens with one attached hydrogen (secondary N) is 1. The van der Waals surface area contributed by atoms with Crippen molar-refractivity contribution < 1.29 is 26.6 Å². The van der Waals surface area contributed by atoms with Gasteiger partial charge in [-0.1, -0.05) is 5.16 Å². The summed E-state index contributed by atoms with van der Waals surface area (Å²) in [6, 6.07) is 0. The molecule has 11 nitrogen and oxygen atoms in total. The number of carbonyl (C=O) groups is 1. The molecular weight excluding hydrogens is 445 g/mol. The van der Waals surface area contributed by atoms with Crippen LogP contribution in [0.25, 0.3) is 11.0 Å². The molecule has 13 heteroatoms. The molecule has 2 fully saturated rings. The van der Waals surface area contributed by atoms with Gasteiger partial charge < -0.3 is 24.6 Å². The molecule has 1 saturated heterocycles. The van der Waals surface area contributed by atoms with E-state index in [1.165, 1.54) is 7.11 Å². The van der Waals surface area contributed by atoms with Gasteiger partial charge in [0.25, 0.3) is 0 Å². The Morgan fingerprint density at radius 2 is 2.16 bits per heavy atom. The molecule has 3 heterocycles. The second kappa shape index (κ2) is 8.13. The average molecular weight is 467 g/mol. The number of fused-ring (bicyclic) bond motifs is 1. The Kier molecular flexibility index (Phi) is 5.63. The van der Waals surface area contributed by atoms with Crippen molar-refractivity contribution in [3.63, 3.8) is 0 Å². The minimum absolute atomic E-state index is 0.0353. The van der Waals surface area contributed by atoms with Gasteiger partial charge in [0.15, 0.2) is 5.82 Å². The van der Waals surface area contributed by atoms with Gasteiger partial charge in [0.05, 0.1) is 35.3 Å². The first kappa shape index (κ1) is 22.1. The maximum absolute atomic E-state index is 15.7. The third-order valence-corrected chi connectivity index (χ3v) is 5.90. The highest BCUT2D eigenvalue weighted by molar-refractivity contribution is 7.86. The van der Waals surface area contributed by atoms with Gasteiger partial charge in [-0.3, -0.25) is 4.79 Å². The van der Waals surface area contributed by atoms with E-state index in [2.05, 4.69) is 19.3 Å². The fourth-order valence-electron chi connectivity index (χ4n) is 3.85. The van der Waals surface area contributed by atoms with Gasteiger partial charge in [0.2, 0.25) is 5.43 Å². The molecule has 0 radical (unpaired) electrons. The van der Waals surface area contributed by atoms with Crippen molar-refractivity contribution in [1.29, 1.82) is 0 Å².